The SMILES string of the molecule is COc1ccc(CN2CCN(Cc3cc(Br)ccc3Cl)CC2)cc1.O=C(O)/C=C\C(=O)O. The number of rotatable bonds is 7. The second kappa shape index (κ2) is 13.2. The summed E-state index contributed by atoms with van der Waals surface area (Å²) in [5.74, 6) is -1.60. The van der Waals surface area contributed by atoms with Gasteiger partial charge in [-0.3, -0.25) is 9.80 Å². The molecular weight excluding hydrogens is 500 g/mol. The maximum atomic E-state index is 9.55. The van der Waals surface area contributed by atoms with Gasteiger partial charge < -0.3 is 14.9 Å². The summed E-state index contributed by atoms with van der Waals surface area (Å²) in [6.45, 7) is 6.21. The fourth-order valence-corrected chi connectivity index (χ4v) is 3.73. The van der Waals surface area contributed by atoms with Crippen LogP contribution in [0.2, 0.25) is 5.02 Å². The number of methoxy groups -OCH3 is 1. The Hall–Kier alpha value is -2.39. The van der Waals surface area contributed by atoms with Crippen molar-refractivity contribution in [2.24, 2.45) is 0 Å². The van der Waals surface area contributed by atoms with E-state index in [1.165, 1.54) is 11.1 Å². The normalized spacial score (nSPS) is 14.6. The highest BCUT2D eigenvalue weighted by Gasteiger charge is 2.18. The molecule has 1 saturated heterocycles. The zero-order chi connectivity index (χ0) is 23.5. The van der Waals surface area contributed by atoms with Gasteiger partial charge in [0.05, 0.1) is 7.11 Å². The largest absolute Gasteiger partial charge is 0.497 e. The van der Waals surface area contributed by atoms with Gasteiger partial charge in [-0.05, 0) is 41.5 Å². The van der Waals surface area contributed by atoms with E-state index in [0.717, 1.165) is 54.5 Å². The van der Waals surface area contributed by atoms with E-state index in [1.54, 1.807) is 7.11 Å². The second-order valence-electron chi connectivity index (χ2n) is 7.15. The van der Waals surface area contributed by atoms with E-state index in [0.29, 0.717) is 12.2 Å². The molecule has 32 heavy (non-hydrogen) atoms. The Bertz CT molecular complexity index is 912. The topological polar surface area (TPSA) is 90.3 Å². The summed E-state index contributed by atoms with van der Waals surface area (Å²) < 4.78 is 6.30. The van der Waals surface area contributed by atoms with Gasteiger partial charge in [0.1, 0.15) is 5.75 Å². The van der Waals surface area contributed by atoms with Crippen molar-refractivity contribution < 1.29 is 24.5 Å². The summed E-state index contributed by atoms with van der Waals surface area (Å²) in [6, 6.07) is 14.4. The van der Waals surface area contributed by atoms with Crippen LogP contribution in [0.4, 0.5) is 0 Å². The molecule has 0 spiro atoms. The number of piperazine rings is 1. The van der Waals surface area contributed by atoms with Crippen LogP contribution in [0.3, 0.4) is 0 Å². The maximum absolute atomic E-state index is 9.55. The molecule has 1 heterocycles. The molecular formula is C23H26BrClN2O5. The molecule has 0 atom stereocenters. The number of carboxylic acids is 2. The van der Waals surface area contributed by atoms with E-state index in [-0.39, 0.29) is 0 Å². The molecule has 1 aliphatic heterocycles. The molecule has 0 amide bonds. The number of carbonyl (C=O) groups is 2. The summed E-state index contributed by atoms with van der Waals surface area (Å²) in [7, 11) is 1.70. The van der Waals surface area contributed by atoms with Gasteiger partial charge in [0.25, 0.3) is 0 Å². The van der Waals surface area contributed by atoms with Crippen LogP contribution in [0.5, 0.6) is 5.75 Å². The van der Waals surface area contributed by atoms with E-state index in [1.807, 2.05) is 24.3 Å². The third-order valence-corrected chi connectivity index (χ3v) is 5.66. The van der Waals surface area contributed by atoms with Crippen molar-refractivity contribution in [3.63, 3.8) is 0 Å². The number of aliphatic carboxylic acids is 2. The van der Waals surface area contributed by atoms with E-state index in [9.17, 15) is 9.59 Å². The Morgan fingerprint density at radius 3 is 2.00 bits per heavy atom. The summed E-state index contributed by atoms with van der Waals surface area (Å²) in [4.78, 5) is 24.1. The minimum absolute atomic E-state index is 0.558. The molecule has 2 aromatic carbocycles. The lowest BCUT2D eigenvalue weighted by Gasteiger charge is -2.35. The Labute approximate surface area is 201 Å². The molecule has 172 valence electrons. The van der Waals surface area contributed by atoms with Gasteiger partial charge in [0.15, 0.2) is 0 Å². The first kappa shape index (κ1) is 25.9. The Balaban J connectivity index is 0.000000390. The van der Waals surface area contributed by atoms with Gasteiger partial charge in [0, 0.05) is 60.9 Å². The van der Waals surface area contributed by atoms with Crippen molar-refractivity contribution in [2.75, 3.05) is 33.3 Å². The number of halogens is 2. The Kier molecular flexibility index (Phi) is 10.7. The third kappa shape index (κ3) is 9.40. The molecule has 0 unspecified atom stereocenters. The molecule has 7 nitrogen and oxygen atoms in total. The lowest BCUT2D eigenvalue weighted by molar-refractivity contribution is -0.134. The fourth-order valence-electron chi connectivity index (χ4n) is 3.14. The maximum Gasteiger partial charge on any atom is 0.328 e. The van der Waals surface area contributed by atoms with Crippen molar-refractivity contribution in [2.45, 2.75) is 13.1 Å². The molecule has 1 aliphatic rings. The van der Waals surface area contributed by atoms with Crippen molar-refractivity contribution >= 4 is 39.5 Å². The highest BCUT2D eigenvalue weighted by atomic mass is 79.9. The number of benzene rings is 2. The highest BCUT2D eigenvalue weighted by Crippen LogP contribution is 2.23. The van der Waals surface area contributed by atoms with Crippen LogP contribution in [0.15, 0.2) is 59.1 Å². The number of carboxylic acid groups (broad SMARTS) is 2. The summed E-state index contributed by atoms with van der Waals surface area (Å²) in [5.41, 5.74) is 2.52. The molecule has 0 saturated carbocycles. The standard InChI is InChI=1S/C19H22BrClN2O.C4H4O4/c1-24-18-5-2-15(3-6-18)13-22-8-10-23(11-9-22)14-16-12-17(20)4-7-19(16)21;5-3(6)1-2-4(7)8/h2-7,12H,8-11,13-14H2,1H3;1-2H,(H,5,6)(H,7,8)/b;2-1-. The van der Waals surface area contributed by atoms with Crippen molar-refractivity contribution in [1.29, 1.82) is 0 Å². The van der Waals surface area contributed by atoms with Crippen molar-refractivity contribution in [3.05, 3.63) is 75.2 Å². The van der Waals surface area contributed by atoms with E-state index >= 15 is 0 Å². The predicted octanol–water partition coefficient (Wildman–Crippen LogP) is 4.14. The molecule has 0 bridgehead atoms. The summed E-state index contributed by atoms with van der Waals surface area (Å²) >= 11 is 9.83. The number of ether oxygens (including phenoxy) is 1. The molecule has 0 aliphatic carbocycles. The van der Waals surface area contributed by atoms with Crippen LogP contribution in [-0.4, -0.2) is 65.2 Å². The first-order chi connectivity index (χ1) is 15.3. The van der Waals surface area contributed by atoms with Crippen LogP contribution in [0, 0.1) is 0 Å². The molecule has 3 rings (SSSR count). The average molecular weight is 526 g/mol. The molecule has 1 fully saturated rings. The van der Waals surface area contributed by atoms with Crippen LogP contribution in [0.1, 0.15) is 11.1 Å². The number of nitrogens with zero attached hydrogens (tertiary/aromatic N) is 2. The zero-order valence-electron chi connectivity index (χ0n) is 17.7. The van der Waals surface area contributed by atoms with Crippen molar-refractivity contribution in [3.8, 4) is 5.75 Å². The second-order valence-corrected chi connectivity index (χ2v) is 8.47. The zero-order valence-corrected chi connectivity index (χ0v) is 20.1. The van der Waals surface area contributed by atoms with E-state index in [2.05, 4.69) is 43.9 Å². The van der Waals surface area contributed by atoms with Crippen LogP contribution in [-0.2, 0) is 22.7 Å². The van der Waals surface area contributed by atoms with Crippen molar-refractivity contribution in [1.82, 2.24) is 9.80 Å². The fraction of sp³-hybridized carbons (Fsp3) is 0.304. The Morgan fingerprint density at radius 1 is 0.969 bits per heavy atom. The molecule has 9 heteroatoms. The minimum Gasteiger partial charge on any atom is -0.497 e. The predicted molar refractivity (Wildman–Crippen MR) is 127 cm³/mol. The van der Waals surface area contributed by atoms with Gasteiger partial charge >= 0.3 is 11.9 Å². The molecule has 0 radical (unpaired) electrons. The summed E-state index contributed by atoms with van der Waals surface area (Å²) in [5, 5.41) is 16.5. The molecule has 2 aromatic rings. The first-order valence-corrected chi connectivity index (χ1v) is 11.1. The average Bonchev–Trinajstić information content (AvgIpc) is 2.77. The minimum atomic E-state index is -1.26. The van der Waals surface area contributed by atoms with Gasteiger partial charge in [0.2, 0.25) is 0 Å². The third-order valence-electron chi connectivity index (χ3n) is 4.80. The van der Waals surface area contributed by atoms with Gasteiger partial charge in [-0.25, -0.2) is 9.59 Å². The van der Waals surface area contributed by atoms with Crippen LogP contribution >= 0.6 is 27.5 Å². The van der Waals surface area contributed by atoms with Gasteiger partial charge in [-0.1, -0.05) is 39.7 Å². The lowest BCUT2D eigenvalue weighted by atomic mass is 10.1. The Morgan fingerprint density at radius 2 is 1.50 bits per heavy atom. The molecule has 0 aromatic heterocycles. The monoisotopic (exact) mass is 524 g/mol. The van der Waals surface area contributed by atoms with Crippen LogP contribution in [0.25, 0.3) is 0 Å². The van der Waals surface area contributed by atoms with Crippen LogP contribution < -0.4 is 4.74 Å². The first-order valence-electron chi connectivity index (χ1n) is 9.92. The summed E-state index contributed by atoms with van der Waals surface area (Å²) in [6.07, 6.45) is 1.12. The lowest BCUT2D eigenvalue weighted by Crippen LogP contribution is -2.45. The van der Waals surface area contributed by atoms with Gasteiger partial charge in [-0.15, -0.1) is 0 Å². The smallest absolute Gasteiger partial charge is 0.328 e. The van der Waals surface area contributed by atoms with Gasteiger partial charge in [-0.2, -0.15) is 0 Å². The number of hydrogen-bond acceptors (Lipinski definition) is 5. The van der Waals surface area contributed by atoms with E-state index in [4.69, 9.17) is 26.6 Å². The molecule has 2 N–H and O–H groups in total. The number of hydrogen-bond donors (Lipinski definition) is 2. The highest BCUT2D eigenvalue weighted by molar-refractivity contribution is 9.10. The van der Waals surface area contributed by atoms with E-state index < -0.39 is 11.9 Å². The quantitative estimate of drug-likeness (QED) is 0.525.